The molecule has 4 nitrogen and oxygen atoms in total. The van der Waals surface area contributed by atoms with Crippen LogP contribution in [0.4, 0.5) is 26.3 Å². The number of halogens is 6. The molecule has 0 aliphatic rings. The van der Waals surface area contributed by atoms with E-state index in [4.69, 9.17) is 4.91 Å². The molecule has 0 fully saturated rings. The minimum Gasteiger partial charge on any atom is -0.243 e. The number of hydrogen-bond acceptors (Lipinski definition) is 4. The highest BCUT2D eigenvalue weighted by Crippen LogP contribution is 2.33. The monoisotopic (exact) mass is 198 g/mol. The molecule has 0 saturated heterocycles. The van der Waals surface area contributed by atoms with Crippen molar-refractivity contribution >= 4 is 0 Å². The molecule has 0 amide bonds. The number of nitrogens with zero attached hydrogens (tertiary/aromatic N) is 2. The van der Waals surface area contributed by atoms with Gasteiger partial charge in [0.25, 0.3) is 0 Å². The SMILES string of the molecule is O=NON(C(F)(F)F)C(F)(F)F. The maximum Gasteiger partial charge on any atom is 0.502 e. The molecule has 12 heavy (non-hydrogen) atoms. The van der Waals surface area contributed by atoms with Gasteiger partial charge < -0.3 is 0 Å². The van der Waals surface area contributed by atoms with Crippen molar-refractivity contribution in [3.63, 3.8) is 0 Å². The van der Waals surface area contributed by atoms with Crippen LogP contribution in [0.5, 0.6) is 0 Å². The molecular weight excluding hydrogens is 198 g/mol. The van der Waals surface area contributed by atoms with E-state index in [-0.39, 0.29) is 0 Å². The lowest BCUT2D eigenvalue weighted by molar-refractivity contribution is -0.484. The third-order valence-corrected chi connectivity index (χ3v) is 0.576. The van der Waals surface area contributed by atoms with E-state index in [1.807, 2.05) is 0 Å². The molecule has 0 aromatic carbocycles. The number of hydrogen-bond donors (Lipinski definition) is 0. The summed E-state index contributed by atoms with van der Waals surface area (Å²) in [5.41, 5.74) is 0. The first-order chi connectivity index (χ1) is 5.19. The van der Waals surface area contributed by atoms with Gasteiger partial charge in [0.2, 0.25) is 0 Å². The summed E-state index contributed by atoms with van der Waals surface area (Å²) >= 11 is 0. The van der Waals surface area contributed by atoms with Crippen molar-refractivity contribution < 1.29 is 31.3 Å². The fourth-order valence-corrected chi connectivity index (χ4v) is 0.270. The average molecular weight is 198 g/mol. The van der Waals surface area contributed by atoms with E-state index in [2.05, 4.69) is 4.94 Å². The Morgan fingerprint density at radius 3 is 1.42 bits per heavy atom. The van der Waals surface area contributed by atoms with E-state index in [1.54, 1.807) is 0 Å². The Morgan fingerprint density at radius 2 is 1.33 bits per heavy atom. The lowest BCUT2D eigenvalue weighted by atomic mass is 10.9. The maximum absolute atomic E-state index is 11.3. The minimum atomic E-state index is -5.86. The van der Waals surface area contributed by atoms with E-state index in [0.717, 1.165) is 5.34 Å². The van der Waals surface area contributed by atoms with Gasteiger partial charge in [-0.15, -0.1) is 4.91 Å². The number of hydroxylamine groups is 2. The lowest BCUT2D eigenvalue weighted by Gasteiger charge is -2.20. The summed E-state index contributed by atoms with van der Waals surface area (Å²) in [5.74, 6) is 0. The van der Waals surface area contributed by atoms with Crippen LogP contribution >= 0.6 is 0 Å². The van der Waals surface area contributed by atoms with E-state index in [0.29, 0.717) is 0 Å². The van der Waals surface area contributed by atoms with E-state index >= 15 is 0 Å². The summed E-state index contributed by atoms with van der Waals surface area (Å²) in [6, 6.07) is 0. The zero-order valence-electron chi connectivity index (χ0n) is 4.98. The molecule has 0 aliphatic carbocycles. The summed E-state index contributed by atoms with van der Waals surface area (Å²) < 4.78 is 67.7. The van der Waals surface area contributed by atoms with E-state index < -0.39 is 17.7 Å². The Hall–Kier alpha value is -1.06. The summed E-state index contributed by atoms with van der Waals surface area (Å²) in [7, 11) is 0. The fraction of sp³-hybridized carbons (Fsp3) is 1.00. The third-order valence-electron chi connectivity index (χ3n) is 0.576. The van der Waals surface area contributed by atoms with Crippen LogP contribution in [0.1, 0.15) is 0 Å². The topological polar surface area (TPSA) is 41.9 Å². The molecule has 0 rings (SSSR count). The first-order valence-corrected chi connectivity index (χ1v) is 2.13. The minimum absolute atomic E-state index is 1.00. The second-order valence-electron chi connectivity index (χ2n) is 1.39. The van der Waals surface area contributed by atoms with Crippen molar-refractivity contribution in [2.24, 2.45) is 5.34 Å². The summed E-state index contributed by atoms with van der Waals surface area (Å²) in [6.45, 7) is 0. The molecule has 0 N–H and O–H groups in total. The molecule has 0 spiro atoms. The lowest BCUT2D eigenvalue weighted by Crippen LogP contribution is -2.46. The van der Waals surface area contributed by atoms with Gasteiger partial charge in [0.15, 0.2) is 5.34 Å². The van der Waals surface area contributed by atoms with E-state index in [1.165, 1.54) is 0 Å². The Balaban J connectivity index is 4.56. The van der Waals surface area contributed by atoms with E-state index in [9.17, 15) is 26.3 Å². The maximum atomic E-state index is 11.3. The van der Waals surface area contributed by atoms with Crippen molar-refractivity contribution in [1.82, 2.24) is 5.06 Å². The second-order valence-corrected chi connectivity index (χ2v) is 1.39. The highest BCUT2D eigenvalue weighted by atomic mass is 19.4. The molecule has 0 saturated carbocycles. The van der Waals surface area contributed by atoms with Crippen LogP contribution in [-0.4, -0.2) is 17.7 Å². The molecule has 10 heteroatoms. The molecule has 0 aromatic heterocycles. The Morgan fingerprint density at radius 1 is 1.00 bits per heavy atom. The third kappa shape index (κ3) is 2.90. The molecule has 0 aliphatic heterocycles. The van der Waals surface area contributed by atoms with Crippen molar-refractivity contribution in [1.29, 1.82) is 0 Å². The van der Waals surface area contributed by atoms with Crippen molar-refractivity contribution in [2.75, 3.05) is 0 Å². The molecule has 0 bridgehead atoms. The fourth-order valence-electron chi connectivity index (χ4n) is 0.270. The molecule has 0 aromatic rings. The average Bonchev–Trinajstić information content (AvgIpc) is 1.77. The second kappa shape index (κ2) is 3.13. The smallest absolute Gasteiger partial charge is 0.243 e. The van der Waals surface area contributed by atoms with Gasteiger partial charge in [0.05, 0.1) is 5.06 Å². The van der Waals surface area contributed by atoms with Gasteiger partial charge in [-0.1, -0.05) is 0 Å². The normalized spacial score (nSPS) is 13.2. The molecular formula is C2F6N2O2. The highest BCUT2D eigenvalue weighted by Gasteiger charge is 2.58. The van der Waals surface area contributed by atoms with Crippen LogP contribution in [0.3, 0.4) is 0 Å². The van der Waals surface area contributed by atoms with Crippen LogP contribution in [0.25, 0.3) is 0 Å². The quantitative estimate of drug-likeness (QED) is 0.294. The van der Waals surface area contributed by atoms with Crippen LogP contribution in [0, 0.1) is 4.91 Å². The molecule has 72 valence electrons. The summed E-state index contributed by atoms with van der Waals surface area (Å²) in [6.07, 6.45) is -11.7. The molecule has 0 atom stereocenters. The summed E-state index contributed by atoms with van der Waals surface area (Å²) in [5, 5.41) is -1.42. The molecule has 0 unspecified atom stereocenters. The van der Waals surface area contributed by atoms with Gasteiger partial charge in [-0.05, 0) is 0 Å². The van der Waals surface area contributed by atoms with Crippen LogP contribution in [0.2, 0.25) is 0 Å². The zero-order valence-corrected chi connectivity index (χ0v) is 4.98. The summed E-state index contributed by atoms with van der Waals surface area (Å²) in [4.78, 5) is 11.4. The predicted octanol–water partition coefficient (Wildman–Crippen LogP) is 1.94. The first kappa shape index (κ1) is 10.9. The zero-order chi connectivity index (χ0) is 9.99. The predicted molar refractivity (Wildman–Crippen MR) is 20.8 cm³/mol. The van der Waals surface area contributed by atoms with Gasteiger partial charge >= 0.3 is 12.6 Å². The Bertz CT molecular complexity index is 148. The number of alkyl halides is 6. The Kier molecular flexibility index (Phi) is 2.85. The van der Waals surface area contributed by atoms with Gasteiger partial charge in [-0.25, -0.2) is 4.94 Å². The molecule has 0 heterocycles. The van der Waals surface area contributed by atoms with Crippen LogP contribution in [-0.2, 0) is 4.94 Å². The van der Waals surface area contributed by atoms with Crippen LogP contribution in [0.15, 0.2) is 5.34 Å². The van der Waals surface area contributed by atoms with Gasteiger partial charge in [0.1, 0.15) is 0 Å². The first-order valence-electron chi connectivity index (χ1n) is 2.13. The van der Waals surface area contributed by atoms with Crippen molar-refractivity contribution in [2.45, 2.75) is 12.6 Å². The van der Waals surface area contributed by atoms with Crippen molar-refractivity contribution in [3.05, 3.63) is 4.91 Å². The van der Waals surface area contributed by atoms with Gasteiger partial charge in [-0.2, -0.15) is 26.3 Å². The van der Waals surface area contributed by atoms with Gasteiger partial charge in [0, 0.05) is 0 Å². The Labute approximate surface area is 60.6 Å². The van der Waals surface area contributed by atoms with Gasteiger partial charge in [-0.3, -0.25) is 0 Å². The standard InChI is InChI=1S/C2F6N2O2/c3-1(4,5)10(12-9-11)2(6,7)8. The number of rotatable bonds is 2. The largest absolute Gasteiger partial charge is 0.502 e. The van der Waals surface area contributed by atoms with Crippen LogP contribution < -0.4 is 0 Å². The molecule has 0 radical (unpaired) electrons. The highest BCUT2D eigenvalue weighted by molar-refractivity contribution is 4.50. The van der Waals surface area contributed by atoms with Crippen molar-refractivity contribution in [3.8, 4) is 0 Å².